The number of hydrogen-bond acceptors (Lipinski definition) is 5. The maximum Gasteiger partial charge on any atom is 0.417 e. The molecule has 0 saturated carbocycles. The molecule has 1 fully saturated rings. The lowest BCUT2D eigenvalue weighted by Crippen LogP contribution is -2.39. The molecule has 1 aliphatic heterocycles. The molecule has 5 rings (SSSR count). The molecule has 4 heterocycles. The van der Waals surface area contributed by atoms with E-state index < -0.39 is 11.7 Å². The minimum absolute atomic E-state index is 0.216. The van der Waals surface area contributed by atoms with E-state index in [4.69, 9.17) is 0 Å². The van der Waals surface area contributed by atoms with Crippen molar-refractivity contribution in [1.82, 2.24) is 19.5 Å². The molecule has 7 nitrogen and oxygen atoms in total. The second-order valence-electron chi connectivity index (χ2n) is 8.30. The smallest absolute Gasteiger partial charge is 0.338 e. The van der Waals surface area contributed by atoms with Crippen molar-refractivity contribution in [1.29, 1.82) is 0 Å². The Hall–Kier alpha value is -3.73. The van der Waals surface area contributed by atoms with Crippen LogP contribution in [-0.2, 0) is 6.18 Å². The molecule has 0 radical (unpaired) electrons. The topological polar surface area (TPSA) is 79.6 Å². The normalized spacial score (nSPS) is 16.4. The van der Waals surface area contributed by atoms with E-state index in [9.17, 15) is 22.8 Å². The fraction of sp³-hybridized carbons (Fsp3) is 0.250. The lowest BCUT2D eigenvalue weighted by molar-refractivity contribution is -0.137. The summed E-state index contributed by atoms with van der Waals surface area (Å²) in [6.07, 6.45) is -2.11. The van der Waals surface area contributed by atoms with Crippen molar-refractivity contribution in [3.8, 4) is 0 Å². The van der Waals surface area contributed by atoms with E-state index in [1.54, 1.807) is 41.3 Å². The number of aromatic nitrogens is 3. The van der Waals surface area contributed by atoms with Crippen LogP contribution in [0.3, 0.4) is 0 Å². The number of carbonyl (C=O) groups is 2. The number of nitrogens with one attached hydrogen (secondary N) is 1. The Labute approximate surface area is 202 Å². The molecular weight excluding hydrogens is 479 g/mol. The highest BCUT2D eigenvalue weighted by Crippen LogP contribution is 2.32. The van der Waals surface area contributed by atoms with Crippen molar-refractivity contribution >= 4 is 34.5 Å². The van der Waals surface area contributed by atoms with Crippen LogP contribution in [-0.4, -0.2) is 44.4 Å². The van der Waals surface area contributed by atoms with Gasteiger partial charge in [0.2, 0.25) is 0 Å². The lowest BCUT2D eigenvalue weighted by Gasteiger charge is -2.32. The number of nitrogens with zero attached hydrogens (tertiary/aromatic N) is 4. The number of piperidine rings is 1. The highest BCUT2D eigenvalue weighted by atomic mass is 32.1. The Balaban J connectivity index is 1.34. The van der Waals surface area contributed by atoms with Crippen molar-refractivity contribution in [3.05, 3.63) is 81.9 Å². The van der Waals surface area contributed by atoms with Gasteiger partial charge in [0, 0.05) is 36.5 Å². The van der Waals surface area contributed by atoms with Crippen molar-refractivity contribution in [2.24, 2.45) is 0 Å². The van der Waals surface area contributed by atoms with E-state index in [0.29, 0.717) is 53.5 Å². The first-order valence-corrected chi connectivity index (χ1v) is 11.8. The summed E-state index contributed by atoms with van der Waals surface area (Å²) in [6, 6.07) is 12.5. The molecule has 1 atom stereocenters. The molecule has 0 aliphatic carbocycles. The number of thiophene rings is 1. The molecule has 4 aromatic rings. The highest BCUT2D eigenvalue weighted by Gasteiger charge is 2.33. The van der Waals surface area contributed by atoms with Gasteiger partial charge in [0.15, 0.2) is 5.65 Å². The molecule has 2 amide bonds. The number of amides is 2. The van der Waals surface area contributed by atoms with Crippen LogP contribution in [0.2, 0.25) is 0 Å². The molecule has 0 bridgehead atoms. The molecule has 35 heavy (non-hydrogen) atoms. The third kappa shape index (κ3) is 4.76. The maximum atomic E-state index is 13.3. The van der Waals surface area contributed by atoms with Gasteiger partial charge >= 0.3 is 6.18 Å². The van der Waals surface area contributed by atoms with Crippen LogP contribution in [0.15, 0.2) is 60.1 Å². The van der Waals surface area contributed by atoms with Crippen molar-refractivity contribution in [3.63, 3.8) is 0 Å². The predicted octanol–water partition coefficient (Wildman–Crippen LogP) is 5.08. The van der Waals surface area contributed by atoms with E-state index in [1.165, 1.54) is 21.8 Å². The quantitative estimate of drug-likeness (QED) is 0.425. The van der Waals surface area contributed by atoms with Gasteiger partial charge in [-0.15, -0.1) is 21.5 Å². The monoisotopic (exact) mass is 499 g/mol. The summed E-state index contributed by atoms with van der Waals surface area (Å²) < 4.78 is 41.0. The number of rotatable bonds is 4. The predicted molar refractivity (Wildman–Crippen MR) is 125 cm³/mol. The number of alkyl halides is 3. The number of likely N-dealkylation sites (tertiary alicyclic amines) is 1. The van der Waals surface area contributed by atoms with Crippen molar-refractivity contribution < 1.29 is 22.8 Å². The van der Waals surface area contributed by atoms with Gasteiger partial charge in [0.25, 0.3) is 11.8 Å². The van der Waals surface area contributed by atoms with Crippen molar-refractivity contribution in [2.45, 2.75) is 24.9 Å². The lowest BCUT2D eigenvalue weighted by atomic mass is 9.96. The van der Waals surface area contributed by atoms with Gasteiger partial charge in [-0.3, -0.25) is 14.0 Å². The second kappa shape index (κ2) is 9.14. The molecule has 11 heteroatoms. The van der Waals surface area contributed by atoms with E-state index in [-0.39, 0.29) is 17.7 Å². The Kier molecular flexibility index (Phi) is 6.01. The highest BCUT2D eigenvalue weighted by molar-refractivity contribution is 7.12. The summed E-state index contributed by atoms with van der Waals surface area (Å²) in [4.78, 5) is 27.8. The number of halogens is 3. The Morgan fingerprint density at radius 3 is 2.71 bits per heavy atom. The van der Waals surface area contributed by atoms with Crippen LogP contribution in [0.4, 0.5) is 18.9 Å². The minimum atomic E-state index is -4.48. The second-order valence-corrected chi connectivity index (χ2v) is 9.25. The van der Waals surface area contributed by atoms with Crippen LogP contribution < -0.4 is 5.32 Å². The third-order valence-corrected chi connectivity index (χ3v) is 6.81. The number of benzene rings is 1. The Morgan fingerprint density at radius 1 is 1.09 bits per heavy atom. The molecule has 1 aliphatic rings. The van der Waals surface area contributed by atoms with Gasteiger partial charge in [-0.1, -0.05) is 12.1 Å². The number of hydrogen-bond donors (Lipinski definition) is 1. The summed E-state index contributed by atoms with van der Waals surface area (Å²) in [5, 5.41) is 12.8. The van der Waals surface area contributed by atoms with Gasteiger partial charge < -0.3 is 10.2 Å². The van der Waals surface area contributed by atoms with Gasteiger partial charge in [0.05, 0.1) is 10.4 Å². The standard InChI is InChI=1S/C24H20F3N5O2S/c25-24(26,27)17-8-9-20-29-30-21(32(20)14-17)16-5-2-10-31(13-16)23(34)15-4-1-6-18(12-15)28-22(33)19-7-3-11-35-19/h1,3-4,6-9,11-12,14,16H,2,5,10,13H2,(H,28,33). The van der Waals surface area contributed by atoms with Crippen LogP contribution in [0, 0.1) is 0 Å². The van der Waals surface area contributed by atoms with E-state index in [0.717, 1.165) is 12.3 Å². The largest absolute Gasteiger partial charge is 0.417 e. The van der Waals surface area contributed by atoms with Crippen LogP contribution in [0.5, 0.6) is 0 Å². The Bertz CT molecular complexity index is 1380. The SMILES string of the molecule is O=C(Nc1cccc(C(=O)N2CCCC(c3nnc4ccc(C(F)(F)F)cn34)C2)c1)c1cccs1. The average Bonchev–Trinajstić information content (AvgIpc) is 3.53. The summed E-state index contributed by atoms with van der Waals surface area (Å²) >= 11 is 1.32. The van der Waals surface area contributed by atoms with Gasteiger partial charge in [-0.25, -0.2) is 0 Å². The van der Waals surface area contributed by atoms with Crippen LogP contribution >= 0.6 is 11.3 Å². The fourth-order valence-electron chi connectivity index (χ4n) is 4.24. The number of fused-ring (bicyclic) bond motifs is 1. The molecule has 1 saturated heterocycles. The summed E-state index contributed by atoms with van der Waals surface area (Å²) in [7, 11) is 0. The van der Waals surface area contributed by atoms with E-state index >= 15 is 0 Å². The molecule has 1 unspecified atom stereocenters. The molecule has 3 aromatic heterocycles. The first kappa shape index (κ1) is 23.0. The van der Waals surface area contributed by atoms with Crippen molar-refractivity contribution in [2.75, 3.05) is 18.4 Å². The first-order valence-electron chi connectivity index (χ1n) is 11.0. The van der Waals surface area contributed by atoms with E-state index in [2.05, 4.69) is 15.5 Å². The fourth-order valence-corrected chi connectivity index (χ4v) is 4.86. The summed E-state index contributed by atoms with van der Waals surface area (Å²) in [5.41, 5.74) is 0.466. The molecule has 180 valence electrons. The van der Waals surface area contributed by atoms with Gasteiger partial charge in [0.1, 0.15) is 5.82 Å². The zero-order chi connectivity index (χ0) is 24.6. The van der Waals surface area contributed by atoms with Crippen LogP contribution in [0.1, 0.15) is 50.2 Å². The number of anilines is 1. The molecule has 1 aromatic carbocycles. The average molecular weight is 500 g/mol. The van der Waals surface area contributed by atoms with Crippen LogP contribution in [0.25, 0.3) is 5.65 Å². The summed E-state index contributed by atoms with van der Waals surface area (Å²) in [5.74, 6) is -0.320. The molecule has 1 N–H and O–H groups in total. The molecular formula is C24H20F3N5O2S. The maximum absolute atomic E-state index is 13.3. The zero-order valence-electron chi connectivity index (χ0n) is 18.3. The van der Waals surface area contributed by atoms with Gasteiger partial charge in [-0.05, 0) is 54.6 Å². The Morgan fingerprint density at radius 2 is 1.94 bits per heavy atom. The minimum Gasteiger partial charge on any atom is -0.338 e. The van der Waals surface area contributed by atoms with E-state index in [1.807, 2.05) is 5.38 Å². The molecule has 0 spiro atoms. The number of pyridine rings is 1. The zero-order valence-corrected chi connectivity index (χ0v) is 19.1. The van der Waals surface area contributed by atoms with Gasteiger partial charge in [-0.2, -0.15) is 13.2 Å². The first-order chi connectivity index (χ1) is 16.8. The summed E-state index contributed by atoms with van der Waals surface area (Å²) in [6.45, 7) is 0.827. The third-order valence-electron chi connectivity index (χ3n) is 5.94. The number of carbonyl (C=O) groups excluding carboxylic acids is 2.